The van der Waals surface area contributed by atoms with Crippen molar-refractivity contribution in [2.45, 2.75) is 38.6 Å². The molecule has 6 heteroatoms. The number of benzene rings is 4. The zero-order valence-corrected chi connectivity index (χ0v) is 22.7. The highest BCUT2D eigenvalue weighted by Gasteiger charge is 2.24. The first kappa shape index (κ1) is 25.8. The number of para-hydroxylation sites is 1. The first-order chi connectivity index (χ1) is 19.6. The van der Waals surface area contributed by atoms with E-state index >= 15 is 0 Å². The van der Waals surface area contributed by atoms with Crippen LogP contribution in [0.15, 0.2) is 78.9 Å². The quantitative estimate of drug-likeness (QED) is 0.216. The molecule has 1 aliphatic rings. The third kappa shape index (κ3) is 4.97. The van der Waals surface area contributed by atoms with Crippen molar-refractivity contribution < 1.29 is 24.1 Å². The highest BCUT2D eigenvalue weighted by Crippen LogP contribution is 2.39. The van der Waals surface area contributed by atoms with Crippen LogP contribution in [0.3, 0.4) is 0 Å². The molecule has 0 amide bonds. The van der Waals surface area contributed by atoms with Gasteiger partial charge in [0.2, 0.25) is 0 Å². The number of carboxylic acids is 1. The van der Waals surface area contributed by atoms with Crippen LogP contribution in [0.2, 0.25) is 0 Å². The molecule has 0 saturated carbocycles. The molecule has 0 radical (unpaired) electrons. The van der Waals surface area contributed by atoms with E-state index in [0.717, 1.165) is 69.1 Å². The second-order valence-electron chi connectivity index (χ2n) is 10.2. The van der Waals surface area contributed by atoms with E-state index in [2.05, 4.69) is 24.3 Å². The second kappa shape index (κ2) is 11.3. The molecule has 0 fully saturated rings. The van der Waals surface area contributed by atoms with Gasteiger partial charge in [0.25, 0.3) is 0 Å². The van der Waals surface area contributed by atoms with Crippen LogP contribution in [-0.2, 0) is 13.0 Å². The minimum absolute atomic E-state index is 0.379. The van der Waals surface area contributed by atoms with Crippen LogP contribution >= 0.6 is 0 Å². The SMILES string of the molecule is COc1cc2cc(c1)-c1cccc3c(CCCOc4cccc5ccccc45)c(C(=O)O)n(c13)CCCCCO2. The van der Waals surface area contributed by atoms with Gasteiger partial charge in [0.15, 0.2) is 0 Å². The van der Waals surface area contributed by atoms with Gasteiger partial charge in [0, 0.05) is 28.9 Å². The predicted octanol–water partition coefficient (Wildman–Crippen LogP) is 7.74. The van der Waals surface area contributed by atoms with Crippen molar-refractivity contribution in [1.82, 2.24) is 4.57 Å². The van der Waals surface area contributed by atoms with Crippen molar-refractivity contribution in [1.29, 1.82) is 0 Å². The molecule has 2 bridgehead atoms. The van der Waals surface area contributed by atoms with Crippen molar-refractivity contribution in [3.8, 4) is 28.4 Å². The van der Waals surface area contributed by atoms with E-state index in [0.29, 0.717) is 44.0 Å². The fraction of sp³-hybridized carbons (Fsp3) is 0.265. The number of aryl methyl sites for hydroxylation is 2. The van der Waals surface area contributed by atoms with Crippen molar-refractivity contribution in [2.75, 3.05) is 20.3 Å². The Morgan fingerprint density at radius 1 is 0.950 bits per heavy atom. The van der Waals surface area contributed by atoms with E-state index in [1.807, 2.05) is 59.2 Å². The smallest absolute Gasteiger partial charge is 0.352 e. The molecule has 0 spiro atoms. The number of carbonyl (C=O) groups is 1. The van der Waals surface area contributed by atoms with Crippen LogP contribution < -0.4 is 14.2 Å². The molecule has 0 saturated heterocycles. The lowest BCUT2D eigenvalue weighted by Gasteiger charge is -2.16. The topological polar surface area (TPSA) is 69.9 Å². The molecular weight excluding hydrogens is 502 g/mol. The maximum Gasteiger partial charge on any atom is 0.352 e. The summed E-state index contributed by atoms with van der Waals surface area (Å²) in [6.45, 7) is 1.75. The number of nitrogens with zero attached hydrogens (tertiary/aromatic N) is 1. The van der Waals surface area contributed by atoms with Crippen LogP contribution in [0, 0.1) is 0 Å². The number of aromatic nitrogens is 1. The van der Waals surface area contributed by atoms with Crippen LogP contribution in [0.5, 0.6) is 17.2 Å². The highest BCUT2D eigenvalue weighted by atomic mass is 16.5. The Morgan fingerprint density at radius 3 is 2.65 bits per heavy atom. The maximum atomic E-state index is 12.8. The Labute approximate surface area is 233 Å². The van der Waals surface area contributed by atoms with Crippen LogP contribution in [0.1, 0.15) is 41.7 Å². The van der Waals surface area contributed by atoms with Crippen LogP contribution in [-0.4, -0.2) is 36.0 Å². The Kier molecular flexibility index (Phi) is 7.32. The molecule has 0 atom stereocenters. The van der Waals surface area contributed by atoms with E-state index in [1.54, 1.807) is 7.11 Å². The zero-order valence-electron chi connectivity index (χ0n) is 22.7. The van der Waals surface area contributed by atoms with Gasteiger partial charge in [-0.05, 0) is 66.8 Å². The molecule has 0 aliphatic carbocycles. The van der Waals surface area contributed by atoms with Gasteiger partial charge in [-0.15, -0.1) is 0 Å². The first-order valence-electron chi connectivity index (χ1n) is 13.9. The average molecular weight is 536 g/mol. The van der Waals surface area contributed by atoms with Crippen LogP contribution in [0.4, 0.5) is 0 Å². The number of ether oxygens (including phenoxy) is 3. The van der Waals surface area contributed by atoms with Gasteiger partial charge < -0.3 is 23.9 Å². The minimum Gasteiger partial charge on any atom is -0.497 e. The Bertz CT molecular complexity index is 1680. The van der Waals surface area contributed by atoms with Gasteiger partial charge in [-0.1, -0.05) is 54.6 Å². The third-order valence-electron chi connectivity index (χ3n) is 7.69. The largest absolute Gasteiger partial charge is 0.497 e. The molecule has 6 rings (SSSR count). The van der Waals surface area contributed by atoms with E-state index in [9.17, 15) is 9.90 Å². The van der Waals surface area contributed by atoms with Gasteiger partial charge in [-0.2, -0.15) is 0 Å². The summed E-state index contributed by atoms with van der Waals surface area (Å²) in [6, 6.07) is 26.3. The summed E-state index contributed by atoms with van der Waals surface area (Å²) in [5.41, 5.74) is 4.11. The molecule has 6 nitrogen and oxygen atoms in total. The van der Waals surface area contributed by atoms with E-state index in [4.69, 9.17) is 14.2 Å². The first-order valence-corrected chi connectivity index (χ1v) is 13.9. The van der Waals surface area contributed by atoms with Gasteiger partial charge >= 0.3 is 5.97 Å². The van der Waals surface area contributed by atoms with Crippen molar-refractivity contribution in [2.24, 2.45) is 0 Å². The van der Waals surface area contributed by atoms with Gasteiger partial charge in [0.05, 0.1) is 25.8 Å². The summed E-state index contributed by atoms with van der Waals surface area (Å²) in [6.07, 6.45) is 4.03. The third-order valence-corrected chi connectivity index (χ3v) is 7.69. The molecule has 5 aromatic rings. The zero-order chi connectivity index (χ0) is 27.5. The van der Waals surface area contributed by atoms with Crippen molar-refractivity contribution in [3.63, 3.8) is 0 Å². The molecule has 204 valence electrons. The van der Waals surface area contributed by atoms with E-state index in [1.165, 1.54) is 0 Å². The molecule has 0 unspecified atom stereocenters. The van der Waals surface area contributed by atoms with E-state index in [-0.39, 0.29) is 0 Å². The number of fused-ring (bicyclic) bond motifs is 4. The molecular formula is C34H33NO5. The number of carboxylic acid groups (broad SMARTS) is 1. The monoisotopic (exact) mass is 535 g/mol. The normalized spacial score (nSPS) is 13.3. The van der Waals surface area contributed by atoms with E-state index < -0.39 is 5.97 Å². The number of methoxy groups -OCH3 is 1. The van der Waals surface area contributed by atoms with Gasteiger partial charge in [-0.25, -0.2) is 4.79 Å². The Balaban J connectivity index is 1.38. The van der Waals surface area contributed by atoms with Crippen LogP contribution in [0.25, 0.3) is 32.8 Å². The fourth-order valence-corrected chi connectivity index (χ4v) is 5.85. The molecule has 1 aromatic heterocycles. The number of hydrogen-bond donors (Lipinski definition) is 1. The second-order valence-corrected chi connectivity index (χ2v) is 10.2. The fourth-order valence-electron chi connectivity index (χ4n) is 5.85. The van der Waals surface area contributed by atoms with Gasteiger partial charge in [0.1, 0.15) is 22.9 Å². The highest BCUT2D eigenvalue weighted by molar-refractivity contribution is 6.04. The Morgan fingerprint density at radius 2 is 1.77 bits per heavy atom. The lowest BCUT2D eigenvalue weighted by molar-refractivity contribution is 0.0684. The summed E-state index contributed by atoms with van der Waals surface area (Å²) < 4.78 is 19.8. The standard InChI is InChI=1S/C34H33NO5/c1-38-25-20-24-21-26(22-25)39-18-6-2-5-17-35-32-28(24)13-8-14-29(32)30(33(35)34(36)37)15-9-19-40-31-16-7-11-23-10-3-4-12-27(23)31/h3-4,7-8,10-14,16,20-22H,2,5-6,9,15,17-19H2,1H3,(H,36,37). The number of aromatic carboxylic acids is 1. The molecule has 1 aliphatic heterocycles. The van der Waals surface area contributed by atoms with Crippen molar-refractivity contribution in [3.05, 3.63) is 90.1 Å². The number of rotatable bonds is 7. The lowest BCUT2D eigenvalue weighted by atomic mass is 9.99. The van der Waals surface area contributed by atoms with Crippen molar-refractivity contribution >= 4 is 27.6 Å². The molecule has 1 N–H and O–H groups in total. The molecule has 40 heavy (non-hydrogen) atoms. The predicted molar refractivity (Wildman–Crippen MR) is 158 cm³/mol. The minimum atomic E-state index is -0.895. The maximum absolute atomic E-state index is 12.8. The van der Waals surface area contributed by atoms with Gasteiger partial charge in [-0.3, -0.25) is 0 Å². The summed E-state index contributed by atoms with van der Waals surface area (Å²) in [5.74, 6) is 1.43. The summed E-state index contributed by atoms with van der Waals surface area (Å²) >= 11 is 0. The average Bonchev–Trinajstić information content (AvgIpc) is 3.30. The number of hydrogen-bond acceptors (Lipinski definition) is 4. The summed E-state index contributed by atoms with van der Waals surface area (Å²) in [4.78, 5) is 12.8. The lowest BCUT2D eigenvalue weighted by Crippen LogP contribution is -2.12. The summed E-state index contributed by atoms with van der Waals surface area (Å²) in [7, 11) is 1.65. The molecule has 4 aromatic carbocycles. The summed E-state index contributed by atoms with van der Waals surface area (Å²) in [5, 5.41) is 13.7. The Hall–Kier alpha value is -4.45. The molecule has 2 heterocycles.